The van der Waals surface area contributed by atoms with E-state index in [0.29, 0.717) is 27.5 Å². The Morgan fingerprint density at radius 2 is 1.90 bits per heavy atom. The van der Waals surface area contributed by atoms with Crippen LogP contribution in [0.1, 0.15) is 18.1 Å². The summed E-state index contributed by atoms with van der Waals surface area (Å²) in [5, 5.41) is 19.9. The molecule has 2 rings (SSSR count). The van der Waals surface area contributed by atoms with Crippen LogP contribution in [0.3, 0.4) is 0 Å². The van der Waals surface area contributed by atoms with Crippen LogP contribution in [-0.4, -0.2) is 20.8 Å². The largest absolute Gasteiger partial charge is 0.492 e. The summed E-state index contributed by atoms with van der Waals surface area (Å²) < 4.78 is 0.198. The van der Waals surface area contributed by atoms with Crippen molar-refractivity contribution in [3.8, 4) is 5.88 Å². The van der Waals surface area contributed by atoms with Gasteiger partial charge in [0.1, 0.15) is 0 Å². The van der Waals surface area contributed by atoms with E-state index in [2.05, 4.69) is 4.99 Å². The van der Waals surface area contributed by atoms with Crippen LogP contribution in [0.4, 0.5) is 5.69 Å². The van der Waals surface area contributed by atoms with Crippen molar-refractivity contribution >= 4 is 23.0 Å². The standard InChI is InChI=1S/C14H13ClN2O3/c1-8-7-12(18)17(20)14(19)13(8)9(2)16-11-5-3-10(15)4-6-11/h3-7,19-20H,1-2H3. The molecule has 1 heterocycles. The number of halogens is 1. The third-order valence-corrected chi connectivity index (χ3v) is 3.10. The van der Waals surface area contributed by atoms with E-state index in [9.17, 15) is 15.1 Å². The van der Waals surface area contributed by atoms with Gasteiger partial charge in [-0.1, -0.05) is 11.6 Å². The summed E-state index contributed by atoms with van der Waals surface area (Å²) in [5.41, 5.74) is 1.30. The fraction of sp³-hybridized carbons (Fsp3) is 0.143. The van der Waals surface area contributed by atoms with Crippen molar-refractivity contribution in [2.75, 3.05) is 0 Å². The number of hydrogen-bond donors (Lipinski definition) is 2. The minimum atomic E-state index is -0.692. The normalized spacial score (nSPS) is 11.7. The maximum atomic E-state index is 11.3. The molecule has 1 aromatic heterocycles. The maximum Gasteiger partial charge on any atom is 0.286 e. The molecule has 0 aliphatic carbocycles. The van der Waals surface area contributed by atoms with Gasteiger partial charge >= 0.3 is 0 Å². The number of aromatic hydroxyl groups is 1. The first kappa shape index (κ1) is 14.1. The molecule has 0 saturated heterocycles. The van der Waals surface area contributed by atoms with Crippen molar-refractivity contribution in [3.63, 3.8) is 0 Å². The van der Waals surface area contributed by atoms with Gasteiger partial charge in [0.15, 0.2) is 0 Å². The van der Waals surface area contributed by atoms with Gasteiger partial charge < -0.3 is 10.3 Å². The van der Waals surface area contributed by atoms with Gasteiger partial charge in [-0.05, 0) is 43.7 Å². The van der Waals surface area contributed by atoms with Crippen molar-refractivity contribution in [3.05, 3.63) is 56.8 Å². The quantitative estimate of drug-likeness (QED) is 0.660. The number of benzene rings is 1. The van der Waals surface area contributed by atoms with Crippen molar-refractivity contribution in [2.24, 2.45) is 4.99 Å². The van der Waals surface area contributed by atoms with Gasteiger partial charge in [0.2, 0.25) is 5.88 Å². The van der Waals surface area contributed by atoms with E-state index in [1.807, 2.05) is 0 Å². The average molecular weight is 293 g/mol. The Morgan fingerprint density at radius 3 is 2.50 bits per heavy atom. The van der Waals surface area contributed by atoms with Gasteiger partial charge in [-0.25, -0.2) is 0 Å². The lowest BCUT2D eigenvalue weighted by molar-refractivity contribution is 0.143. The van der Waals surface area contributed by atoms with Crippen LogP contribution in [0.15, 0.2) is 40.1 Å². The first-order valence-corrected chi connectivity index (χ1v) is 6.24. The van der Waals surface area contributed by atoms with E-state index in [0.717, 1.165) is 0 Å². The topological polar surface area (TPSA) is 74.8 Å². The van der Waals surface area contributed by atoms with Crippen LogP contribution in [0.25, 0.3) is 0 Å². The van der Waals surface area contributed by atoms with Crippen molar-refractivity contribution in [2.45, 2.75) is 13.8 Å². The van der Waals surface area contributed by atoms with Gasteiger partial charge in [-0.2, -0.15) is 0 Å². The molecule has 0 spiro atoms. The van der Waals surface area contributed by atoms with Crippen molar-refractivity contribution < 1.29 is 10.3 Å². The summed E-state index contributed by atoms with van der Waals surface area (Å²) in [6.45, 7) is 3.35. The molecule has 6 heteroatoms. The van der Waals surface area contributed by atoms with Crippen molar-refractivity contribution in [1.29, 1.82) is 0 Å². The number of aryl methyl sites for hydroxylation is 1. The van der Waals surface area contributed by atoms with Crippen LogP contribution in [0, 0.1) is 6.92 Å². The van der Waals surface area contributed by atoms with Crippen LogP contribution < -0.4 is 5.56 Å². The molecule has 2 aromatic rings. The summed E-state index contributed by atoms with van der Waals surface area (Å²) >= 11 is 5.79. The van der Waals surface area contributed by atoms with E-state index in [1.54, 1.807) is 38.1 Å². The molecule has 0 fully saturated rings. The van der Waals surface area contributed by atoms with E-state index < -0.39 is 11.4 Å². The predicted molar refractivity (Wildman–Crippen MR) is 77.6 cm³/mol. The smallest absolute Gasteiger partial charge is 0.286 e. The summed E-state index contributed by atoms with van der Waals surface area (Å²) in [7, 11) is 0. The second kappa shape index (κ2) is 5.38. The van der Waals surface area contributed by atoms with Gasteiger partial charge in [0.25, 0.3) is 5.56 Å². The Hall–Kier alpha value is -2.27. The van der Waals surface area contributed by atoms with E-state index in [-0.39, 0.29) is 4.73 Å². The van der Waals surface area contributed by atoms with Gasteiger partial charge in [0.05, 0.1) is 17.0 Å². The minimum Gasteiger partial charge on any atom is -0.492 e. The number of rotatable bonds is 2. The Labute approximate surface area is 120 Å². The average Bonchev–Trinajstić information content (AvgIpc) is 2.39. The molecule has 1 aromatic carbocycles. The Morgan fingerprint density at radius 1 is 1.30 bits per heavy atom. The number of pyridine rings is 1. The first-order chi connectivity index (χ1) is 9.40. The molecule has 104 valence electrons. The summed E-state index contributed by atoms with van der Waals surface area (Å²) in [4.78, 5) is 15.7. The molecule has 0 aliphatic rings. The lowest BCUT2D eigenvalue weighted by Gasteiger charge is -2.10. The second-order valence-corrected chi connectivity index (χ2v) is 4.79. The van der Waals surface area contributed by atoms with Crippen LogP contribution >= 0.6 is 11.6 Å². The van der Waals surface area contributed by atoms with Gasteiger partial charge in [-0.15, -0.1) is 4.73 Å². The summed E-state index contributed by atoms with van der Waals surface area (Å²) in [5.74, 6) is -0.523. The molecular weight excluding hydrogens is 280 g/mol. The molecule has 20 heavy (non-hydrogen) atoms. The van der Waals surface area contributed by atoms with E-state index >= 15 is 0 Å². The fourth-order valence-electron chi connectivity index (χ4n) is 1.92. The molecule has 2 N–H and O–H groups in total. The van der Waals surface area contributed by atoms with E-state index in [4.69, 9.17) is 11.6 Å². The molecule has 0 unspecified atom stereocenters. The molecular formula is C14H13ClN2O3. The van der Waals surface area contributed by atoms with Crippen LogP contribution in [0.2, 0.25) is 5.02 Å². The van der Waals surface area contributed by atoms with Gasteiger partial charge in [0, 0.05) is 11.1 Å². The lowest BCUT2D eigenvalue weighted by Crippen LogP contribution is -2.20. The highest BCUT2D eigenvalue weighted by Gasteiger charge is 2.14. The highest BCUT2D eigenvalue weighted by molar-refractivity contribution is 6.30. The zero-order valence-corrected chi connectivity index (χ0v) is 11.7. The van der Waals surface area contributed by atoms with E-state index in [1.165, 1.54) is 6.07 Å². The van der Waals surface area contributed by atoms with Gasteiger partial charge in [-0.3, -0.25) is 9.79 Å². The number of hydrogen-bond acceptors (Lipinski definition) is 4. The van der Waals surface area contributed by atoms with Crippen molar-refractivity contribution in [1.82, 2.24) is 4.73 Å². The number of aliphatic imine (C=N–C) groups is 1. The first-order valence-electron chi connectivity index (χ1n) is 5.86. The number of nitrogens with zero attached hydrogens (tertiary/aromatic N) is 2. The molecule has 5 nitrogen and oxygen atoms in total. The highest BCUT2D eigenvalue weighted by Crippen LogP contribution is 2.22. The monoisotopic (exact) mass is 292 g/mol. The fourth-order valence-corrected chi connectivity index (χ4v) is 2.04. The SMILES string of the molecule is CC(=Nc1ccc(Cl)cc1)c1c(C)cc(=O)n(O)c1O. The highest BCUT2D eigenvalue weighted by atomic mass is 35.5. The molecule has 0 radical (unpaired) electrons. The Bertz CT molecular complexity index is 733. The van der Waals surface area contributed by atoms with Crippen LogP contribution in [-0.2, 0) is 0 Å². The molecule has 0 amide bonds. The summed E-state index contributed by atoms with van der Waals surface area (Å²) in [6.07, 6.45) is 0. The summed E-state index contributed by atoms with van der Waals surface area (Å²) in [6, 6.07) is 8.09. The van der Waals surface area contributed by atoms with Crippen LogP contribution in [0.5, 0.6) is 5.88 Å². The molecule has 0 aliphatic heterocycles. The number of aromatic nitrogens is 1. The third kappa shape index (κ3) is 2.67. The predicted octanol–water partition coefficient (Wildman–Crippen LogP) is 2.89. The Balaban J connectivity index is 2.54. The molecule has 0 saturated carbocycles. The zero-order chi connectivity index (χ0) is 14.9. The maximum absolute atomic E-state index is 11.3. The second-order valence-electron chi connectivity index (χ2n) is 4.35. The third-order valence-electron chi connectivity index (χ3n) is 2.85. The molecule has 0 bridgehead atoms. The minimum absolute atomic E-state index is 0.198. The zero-order valence-electron chi connectivity index (χ0n) is 11.0. The Kier molecular flexibility index (Phi) is 3.81. The lowest BCUT2D eigenvalue weighted by atomic mass is 10.1. The molecule has 0 atom stereocenters.